The average Bonchev–Trinajstić information content (AvgIpc) is 3.04. The molecule has 0 amide bonds. The summed E-state index contributed by atoms with van der Waals surface area (Å²) in [6.07, 6.45) is 3.22. The number of hydrogen-bond acceptors (Lipinski definition) is 1. The van der Waals surface area contributed by atoms with Gasteiger partial charge < -0.3 is 15.6 Å². The molecule has 3 aromatic rings. The fraction of sp³-hybridized carbons (Fsp3) is 0.250. The van der Waals surface area contributed by atoms with Crippen molar-refractivity contribution in [1.29, 1.82) is 0 Å². The van der Waals surface area contributed by atoms with Gasteiger partial charge in [0.2, 0.25) is 0 Å². The molecule has 0 saturated heterocycles. The topological polar surface area (TPSA) is 52.2 Å². The maximum atomic E-state index is 13.6. The Kier molecular flexibility index (Phi) is 5.84. The van der Waals surface area contributed by atoms with Gasteiger partial charge >= 0.3 is 0 Å². The standard InChI is InChI=1S/C20H22F2N4/c1-23-20(24-10-8-14-4-2-3-5-18(14)22)25-11-9-15-13-26-19-7-6-16(21)12-17(15)19/h2-7,12-13,26H,8-11H2,1H3,(H2,23,24,25). The van der Waals surface area contributed by atoms with Crippen molar-refractivity contribution in [2.24, 2.45) is 4.99 Å². The molecule has 0 saturated carbocycles. The molecule has 0 bridgehead atoms. The third kappa shape index (κ3) is 4.39. The van der Waals surface area contributed by atoms with Crippen LogP contribution in [0.15, 0.2) is 53.7 Å². The Morgan fingerprint density at radius 1 is 1.00 bits per heavy atom. The first-order valence-electron chi connectivity index (χ1n) is 8.61. The van der Waals surface area contributed by atoms with Gasteiger partial charge in [-0.3, -0.25) is 4.99 Å². The van der Waals surface area contributed by atoms with Crippen molar-refractivity contribution in [1.82, 2.24) is 15.6 Å². The van der Waals surface area contributed by atoms with Gasteiger partial charge in [-0.25, -0.2) is 8.78 Å². The summed E-state index contributed by atoms with van der Waals surface area (Å²) in [7, 11) is 1.69. The van der Waals surface area contributed by atoms with E-state index < -0.39 is 0 Å². The first-order valence-corrected chi connectivity index (χ1v) is 8.61. The van der Waals surface area contributed by atoms with Gasteiger partial charge in [0.25, 0.3) is 0 Å². The summed E-state index contributed by atoms with van der Waals surface area (Å²) in [5, 5.41) is 7.30. The van der Waals surface area contributed by atoms with Gasteiger partial charge in [-0.15, -0.1) is 0 Å². The van der Waals surface area contributed by atoms with Crippen LogP contribution in [0.5, 0.6) is 0 Å². The smallest absolute Gasteiger partial charge is 0.190 e. The molecule has 26 heavy (non-hydrogen) atoms. The van der Waals surface area contributed by atoms with E-state index in [4.69, 9.17) is 0 Å². The van der Waals surface area contributed by atoms with Gasteiger partial charge in [0.05, 0.1) is 0 Å². The molecule has 0 aliphatic rings. The molecule has 0 fully saturated rings. The summed E-state index contributed by atoms with van der Waals surface area (Å²) >= 11 is 0. The van der Waals surface area contributed by atoms with Crippen LogP contribution in [-0.4, -0.2) is 31.1 Å². The number of halogens is 2. The molecule has 0 aliphatic carbocycles. The van der Waals surface area contributed by atoms with Crippen LogP contribution in [-0.2, 0) is 12.8 Å². The number of rotatable bonds is 6. The lowest BCUT2D eigenvalue weighted by atomic mass is 10.1. The highest BCUT2D eigenvalue weighted by atomic mass is 19.1. The first kappa shape index (κ1) is 17.9. The number of aliphatic imine (C=N–C) groups is 1. The van der Waals surface area contributed by atoms with Crippen molar-refractivity contribution in [2.75, 3.05) is 20.1 Å². The lowest BCUT2D eigenvalue weighted by Crippen LogP contribution is -2.39. The SMILES string of the molecule is CN=C(NCCc1ccccc1F)NCCc1c[nH]c2ccc(F)cc12. The van der Waals surface area contributed by atoms with Crippen molar-refractivity contribution >= 4 is 16.9 Å². The number of aromatic amines is 1. The van der Waals surface area contributed by atoms with Crippen LogP contribution < -0.4 is 10.6 Å². The normalized spacial score (nSPS) is 11.7. The highest BCUT2D eigenvalue weighted by Crippen LogP contribution is 2.19. The van der Waals surface area contributed by atoms with Gasteiger partial charge in [0.15, 0.2) is 5.96 Å². The maximum absolute atomic E-state index is 13.6. The van der Waals surface area contributed by atoms with Gasteiger partial charge in [0.1, 0.15) is 11.6 Å². The lowest BCUT2D eigenvalue weighted by molar-refractivity contribution is 0.606. The Bertz CT molecular complexity index is 902. The molecule has 4 nitrogen and oxygen atoms in total. The minimum absolute atomic E-state index is 0.191. The zero-order valence-electron chi connectivity index (χ0n) is 14.7. The monoisotopic (exact) mass is 356 g/mol. The Labute approximate surface area is 151 Å². The van der Waals surface area contributed by atoms with Crippen molar-refractivity contribution in [2.45, 2.75) is 12.8 Å². The van der Waals surface area contributed by atoms with Crippen LogP contribution in [0.25, 0.3) is 10.9 Å². The summed E-state index contributed by atoms with van der Waals surface area (Å²) in [5.41, 5.74) is 2.65. The van der Waals surface area contributed by atoms with Crippen LogP contribution in [0.2, 0.25) is 0 Å². The average molecular weight is 356 g/mol. The Balaban J connectivity index is 1.48. The lowest BCUT2D eigenvalue weighted by Gasteiger charge is -2.12. The van der Waals surface area contributed by atoms with Crippen LogP contribution in [0.3, 0.4) is 0 Å². The number of nitrogens with zero attached hydrogens (tertiary/aromatic N) is 1. The second-order valence-corrected chi connectivity index (χ2v) is 6.02. The number of hydrogen-bond donors (Lipinski definition) is 3. The summed E-state index contributed by atoms with van der Waals surface area (Å²) in [5.74, 6) is 0.230. The number of aromatic nitrogens is 1. The van der Waals surface area contributed by atoms with Crippen LogP contribution in [0.4, 0.5) is 8.78 Å². The molecule has 2 aromatic carbocycles. The molecule has 3 rings (SSSR count). The van der Waals surface area contributed by atoms with Crippen LogP contribution in [0.1, 0.15) is 11.1 Å². The van der Waals surface area contributed by atoms with E-state index in [0.29, 0.717) is 31.0 Å². The largest absolute Gasteiger partial charge is 0.361 e. The quantitative estimate of drug-likeness (QED) is 0.468. The minimum atomic E-state index is -0.239. The van der Waals surface area contributed by atoms with Gasteiger partial charge in [-0.05, 0) is 48.2 Å². The van der Waals surface area contributed by atoms with E-state index in [1.54, 1.807) is 31.3 Å². The minimum Gasteiger partial charge on any atom is -0.361 e. The molecule has 136 valence electrons. The number of H-pyrrole nitrogens is 1. The van der Waals surface area contributed by atoms with E-state index in [-0.39, 0.29) is 11.6 Å². The van der Waals surface area contributed by atoms with Gasteiger partial charge in [-0.1, -0.05) is 18.2 Å². The van der Waals surface area contributed by atoms with E-state index in [1.165, 1.54) is 12.1 Å². The van der Waals surface area contributed by atoms with Crippen molar-refractivity contribution in [3.63, 3.8) is 0 Å². The fourth-order valence-corrected chi connectivity index (χ4v) is 2.91. The van der Waals surface area contributed by atoms with E-state index in [9.17, 15) is 8.78 Å². The fourth-order valence-electron chi connectivity index (χ4n) is 2.91. The maximum Gasteiger partial charge on any atom is 0.190 e. The highest BCUT2D eigenvalue weighted by Gasteiger charge is 2.06. The second kappa shape index (κ2) is 8.47. The third-order valence-corrected chi connectivity index (χ3v) is 4.28. The Hall–Kier alpha value is -2.89. The molecular weight excluding hydrogens is 334 g/mol. The van der Waals surface area contributed by atoms with E-state index in [0.717, 1.165) is 22.9 Å². The summed E-state index contributed by atoms with van der Waals surface area (Å²) in [6, 6.07) is 11.5. The van der Waals surface area contributed by atoms with Crippen LogP contribution in [0, 0.1) is 11.6 Å². The second-order valence-electron chi connectivity index (χ2n) is 6.02. The predicted molar refractivity (Wildman–Crippen MR) is 101 cm³/mol. The summed E-state index contributed by atoms with van der Waals surface area (Å²) in [6.45, 7) is 1.24. The molecule has 0 spiro atoms. The number of benzene rings is 2. The zero-order chi connectivity index (χ0) is 18.4. The predicted octanol–water partition coefficient (Wildman–Crippen LogP) is 3.40. The number of fused-ring (bicyclic) bond motifs is 1. The van der Waals surface area contributed by atoms with Crippen molar-refractivity contribution in [3.05, 3.63) is 71.4 Å². The molecule has 0 radical (unpaired) electrons. The molecule has 0 atom stereocenters. The Morgan fingerprint density at radius 2 is 1.73 bits per heavy atom. The van der Waals surface area contributed by atoms with E-state index in [1.807, 2.05) is 12.3 Å². The van der Waals surface area contributed by atoms with Crippen molar-refractivity contribution < 1.29 is 8.78 Å². The molecule has 6 heteroatoms. The molecule has 1 heterocycles. The third-order valence-electron chi connectivity index (χ3n) is 4.28. The summed E-state index contributed by atoms with van der Waals surface area (Å²) < 4.78 is 27.0. The van der Waals surface area contributed by atoms with Gasteiger partial charge in [0, 0.05) is 37.2 Å². The molecule has 0 unspecified atom stereocenters. The molecular formula is C20H22F2N4. The Morgan fingerprint density at radius 3 is 2.46 bits per heavy atom. The molecule has 1 aromatic heterocycles. The van der Waals surface area contributed by atoms with Crippen LogP contribution >= 0.6 is 0 Å². The van der Waals surface area contributed by atoms with E-state index in [2.05, 4.69) is 20.6 Å². The van der Waals surface area contributed by atoms with Crippen molar-refractivity contribution in [3.8, 4) is 0 Å². The van der Waals surface area contributed by atoms with Gasteiger partial charge in [-0.2, -0.15) is 0 Å². The highest BCUT2D eigenvalue weighted by molar-refractivity contribution is 5.83. The first-order chi connectivity index (χ1) is 12.7. The molecule has 0 aliphatic heterocycles. The zero-order valence-corrected chi connectivity index (χ0v) is 14.7. The summed E-state index contributed by atoms with van der Waals surface area (Å²) in [4.78, 5) is 7.32. The number of nitrogens with one attached hydrogen (secondary N) is 3. The molecule has 3 N–H and O–H groups in total. The van der Waals surface area contributed by atoms with E-state index >= 15 is 0 Å². The number of guanidine groups is 1.